The minimum Gasteiger partial charge on any atom is -0.395 e. The number of nitrogens with one attached hydrogen (secondary N) is 2. The number of benzene rings is 1. The highest BCUT2D eigenvalue weighted by molar-refractivity contribution is 9.10. The van der Waals surface area contributed by atoms with Crippen molar-refractivity contribution in [2.24, 2.45) is 0 Å². The fourth-order valence-corrected chi connectivity index (χ4v) is 1.34. The van der Waals surface area contributed by atoms with Crippen LogP contribution in [0, 0.1) is 5.82 Å². The molecule has 0 saturated carbocycles. The van der Waals surface area contributed by atoms with Crippen LogP contribution in [-0.4, -0.2) is 6.04 Å². The Hall–Kier alpha value is -0.810. The molecule has 0 bridgehead atoms. The van der Waals surface area contributed by atoms with E-state index >= 15 is 0 Å². The van der Waals surface area contributed by atoms with Crippen LogP contribution in [0.5, 0.6) is 0 Å². The van der Waals surface area contributed by atoms with E-state index in [1.807, 2.05) is 13.8 Å². The van der Waals surface area contributed by atoms with E-state index in [2.05, 4.69) is 26.8 Å². The molecule has 0 atom stereocenters. The Bertz CT molecular complexity index is 328. The summed E-state index contributed by atoms with van der Waals surface area (Å²) < 4.78 is 13.8. The summed E-state index contributed by atoms with van der Waals surface area (Å²) >= 11 is 3.19. The zero-order valence-electron chi connectivity index (χ0n) is 8.07. The first-order valence-corrected chi connectivity index (χ1v) is 5.06. The molecule has 4 N–H and O–H groups in total. The van der Waals surface area contributed by atoms with Gasteiger partial charge in [0, 0.05) is 10.5 Å². The van der Waals surface area contributed by atoms with Gasteiger partial charge in [0.05, 0.1) is 11.4 Å². The van der Waals surface area contributed by atoms with Crippen LogP contribution in [0.2, 0.25) is 0 Å². The minimum atomic E-state index is -0.438. The van der Waals surface area contributed by atoms with Gasteiger partial charge in [-0.05, 0) is 26.0 Å². The maximum Gasteiger partial charge on any atom is 0.149 e. The van der Waals surface area contributed by atoms with Crippen LogP contribution in [0.1, 0.15) is 13.8 Å². The van der Waals surface area contributed by atoms with Gasteiger partial charge in [0.2, 0.25) is 0 Å². The van der Waals surface area contributed by atoms with Crippen molar-refractivity contribution in [1.82, 2.24) is 5.43 Å². The van der Waals surface area contributed by atoms with Crippen LogP contribution in [0.3, 0.4) is 0 Å². The van der Waals surface area contributed by atoms with Crippen LogP contribution < -0.4 is 16.6 Å². The van der Waals surface area contributed by atoms with Gasteiger partial charge in [0.25, 0.3) is 0 Å². The molecule has 0 spiro atoms. The first-order chi connectivity index (χ1) is 6.50. The normalized spacial score (nSPS) is 10.6. The van der Waals surface area contributed by atoms with E-state index in [0.717, 1.165) is 0 Å². The van der Waals surface area contributed by atoms with E-state index in [9.17, 15) is 4.39 Å². The summed E-state index contributed by atoms with van der Waals surface area (Å²) in [6.07, 6.45) is 0. The molecule has 14 heavy (non-hydrogen) atoms. The average Bonchev–Trinajstić information content (AvgIpc) is 2.08. The fraction of sp³-hybridized carbons (Fsp3) is 0.333. The van der Waals surface area contributed by atoms with Crippen LogP contribution in [0.15, 0.2) is 16.6 Å². The number of hydrazine groups is 1. The van der Waals surface area contributed by atoms with Gasteiger partial charge in [0.1, 0.15) is 5.82 Å². The lowest BCUT2D eigenvalue weighted by atomic mass is 10.2. The van der Waals surface area contributed by atoms with Crippen molar-refractivity contribution in [2.45, 2.75) is 19.9 Å². The summed E-state index contributed by atoms with van der Waals surface area (Å²) in [5.74, 6) is -0.438. The van der Waals surface area contributed by atoms with Crippen LogP contribution in [0.4, 0.5) is 15.8 Å². The summed E-state index contributed by atoms with van der Waals surface area (Å²) in [5.41, 5.74) is 12.0. The highest BCUT2D eigenvalue weighted by Gasteiger charge is 2.06. The van der Waals surface area contributed by atoms with Gasteiger partial charge in [-0.1, -0.05) is 15.9 Å². The highest BCUT2D eigenvalue weighted by atomic mass is 79.9. The van der Waals surface area contributed by atoms with E-state index in [4.69, 9.17) is 5.73 Å². The zero-order valence-corrected chi connectivity index (χ0v) is 9.65. The van der Waals surface area contributed by atoms with Gasteiger partial charge >= 0.3 is 0 Å². The number of nitrogen functional groups attached to an aromatic ring is 1. The third-order valence-electron chi connectivity index (χ3n) is 1.59. The molecule has 3 nitrogen and oxygen atoms in total. The summed E-state index contributed by atoms with van der Waals surface area (Å²) in [6, 6.07) is 3.29. The van der Waals surface area contributed by atoms with Crippen molar-refractivity contribution in [3.8, 4) is 0 Å². The van der Waals surface area contributed by atoms with E-state index in [1.54, 1.807) is 6.07 Å². The Balaban J connectivity index is 2.85. The molecular weight excluding hydrogens is 249 g/mol. The van der Waals surface area contributed by atoms with E-state index in [1.165, 1.54) is 6.07 Å². The summed E-state index contributed by atoms with van der Waals surface area (Å²) in [7, 11) is 0. The van der Waals surface area contributed by atoms with Gasteiger partial charge in [-0.3, -0.25) is 0 Å². The molecule has 0 aliphatic rings. The maximum absolute atomic E-state index is 13.1. The Morgan fingerprint density at radius 1 is 1.43 bits per heavy atom. The van der Waals surface area contributed by atoms with Gasteiger partial charge < -0.3 is 11.2 Å². The van der Waals surface area contributed by atoms with E-state index in [0.29, 0.717) is 10.2 Å². The lowest BCUT2D eigenvalue weighted by Gasteiger charge is -2.13. The molecule has 1 rings (SSSR count). The fourth-order valence-electron chi connectivity index (χ4n) is 0.910. The molecule has 0 aliphatic heterocycles. The molecule has 1 aromatic rings. The molecule has 5 heteroatoms. The number of hydrogen-bond acceptors (Lipinski definition) is 3. The SMILES string of the molecule is CC(C)NNc1cc(Br)cc(F)c1N. The van der Waals surface area contributed by atoms with Crippen molar-refractivity contribution in [1.29, 1.82) is 0 Å². The molecular formula is C9H13BrFN3. The Labute approximate surface area is 91.0 Å². The quantitative estimate of drug-likeness (QED) is 0.579. The van der Waals surface area contributed by atoms with Crippen LogP contribution in [-0.2, 0) is 0 Å². The topological polar surface area (TPSA) is 50.1 Å². The lowest BCUT2D eigenvalue weighted by Crippen LogP contribution is -2.29. The molecule has 0 heterocycles. The number of nitrogens with two attached hydrogens (primary N) is 1. The van der Waals surface area contributed by atoms with E-state index in [-0.39, 0.29) is 11.7 Å². The second-order valence-corrected chi connectivity index (χ2v) is 4.19. The third-order valence-corrected chi connectivity index (χ3v) is 2.05. The average molecular weight is 262 g/mol. The van der Waals surface area contributed by atoms with Crippen LogP contribution in [0.25, 0.3) is 0 Å². The first-order valence-electron chi connectivity index (χ1n) is 4.26. The molecule has 0 amide bonds. The molecule has 0 fully saturated rings. The van der Waals surface area contributed by atoms with Crippen molar-refractivity contribution < 1.29 is 4.39 Å². The van der Waals surface area contributed by atoms with Gasteiger partial charge in [-0.15, -0.1) is 0 Å². The van der Waals surface area contributed by atoms with Crippen molar-refractivity contribution in [3.05, 3.63) is 22.4 Å². The smallest absolute Gasteiger partial charge is 0.149 e. The van der Waals surface area contributed by atoms with Gasteiger partial charge in [0.15, 0.2) is 0 Å². The maximum atomic E-state index is 13.1. The van der Waals surface area contributed by atoms with Gasteiger partial charge in [-0.2, -0.15) is 0 Å². The summed E-state index contributed by atoms with van der Waals surface area (Å²) in [6.45, 7) is 3.94. The predicted molar refractivity (Wildman–Crippen MR) is 60.4 cm³/mol. The molecule has 0 unspecified atom stereocenters. The number of rotatable bonds is 3. The van der Waals surface area contributed by atoms with Crippen LogP contribution >= 0.6 is 15.9 Å². The molecule has 0 aromatic heterocycles. The van der Waals surface area contributed by atoms with Crippen molar-refractivity contribution in [2.75, 3.05) is 11.2 Å². The number of anilines is 2. The Morgan fingerprint density at radius 3 is 2.64 bits per heavy atom. The van der Waals surface area contributed by atoms with Crippen molar-refractivity contribution in [3.63, 3.8) is 0 Å². The third kappa shape index (κ3) is 2.85. The van der Waals surface area contributed by atoms with Gasteiger partial charge in [-0.25, -0.2) is 9.82 Å². The predicted octanol–water partition coefficient (Wildman–Crippen LogP) is 2.50. The Morgan fingerprint density at radius 2 is 2.07 bits per heavy atom. The molecule has 0 aliphatic carbocycles. The lowest BCUT2D eigenvalue weighted by molar-refractivity contribution is 0.628. The Kier molecular flexibility index (Phi) is 3.71. The molecule has 1 aromatic carbocycles. The zero-order chi connectivity index (χ0) is 10.7. The molecule has 0 radical (unpaired) electrons. The monoisotopic (exact) mass is 261 g/mol. The highest BCUT2D eigenvalue weighted by Crippen LogP contribution is 2.26. The molecule has 0 saturated heterocycles. The summed E-state index contributed by atoms with van der Waals surface area (Å²) in [5, 5.41) is 0. The minimum absolute atomic E-state index is 0.112. The second kappa shape index (κ2) is 4.61. The first kappa shape index (κ1) is 11.3. The summed E-state index contributed by atoms with van der Waals surface area (Å²) in [4.78, 5) is 0. The number of halogens is 2. The standard InChI is InChI=1S/C9H13BrFN3/c1-5(2)13-14-8-4-6(10)3-7(11)9(8)12/h3-5,13-14H,12H2,1-2H3. The van der Waals surface area contributed by atoms with Crippen molar-refractivity contribution >= 4 is 27.3 Å². The van der Waals surface area contributed by atoms with E-state index < -0.39 is 5.82 Å². The largest absolute Gasteiger partial charge is 0.395 e. The number of hydrogen-bond donors (Lipinski definition) is 3. The second-order valence-electron chi connectivity index (χ2n) is 3.27. The molecule has 78 valence electrons.